The normalized spacial score (nSPS) is 10.2. The molecule has 0 saturated heterocycles. The van der Waals surface area contributed by atoms with Gasteiger partial charge in [0, 0.05) is 13.2 Å². The quantitative estimate of drug-likeness (QED) is 0.848. The Morgan fingerprint density at radius 2 is 2.41 bits per heavy atom. The first-order chi connectivity index (χ1) is 8.29. The lowest BCUT2D eigenvalue weighted by atomic mass is 10.4. The molecule has 0 aliphatic rings. The lowest BCUT2D eigenvalue weighted by Crippen LogP contribution is -2.19. The van der Waals surface area contributed by atoms with Crippen molar-refractivity contribution in [3.8, 4) is 10.7 Å². The molecular formula is C10H10N4OS2. The van der Waals surface area contributed by atoms with Gasteiger partial charge in [0.25, 0.3) is 0 Å². The number of hydrogen-bond acceptors (Lipinski definition) is 6. The van der Waals surface area contributed by atoms with Gasteiger partial charge in [-0.1, -0.05) is 0 Å². The molecule has 0 radical (unpaired) electrons. The van der Waals surface area contributed by atoms with E-state index in [0.29, 0.717) is 5.75 Å². The van der Waals surface area contributed by atoms with Crippen LogP contribution in [0.2, 0.25) is 0 Å². The number of thiazole rings is 1. The molecule has 0 saturated carbocycles. The van der Waals surface area contributed by atoms with E-state index < -0.39 is 0 Å². The van der Waals surface area contributed by atoms with E-state index in [9.17, 15) is 4.79 Å². The Morgan fingerprint density at radius 3 is 3.12 bits per heavy atom. The first-order valence-electron chi connectivity index (χ1n) is 4.85. The summed E-state index contributed by atoms with van der Waals surface area (Å²) < 4.78 is 1.00. The predicted molar refractivity (Wildman–Crippen MR) is 67.9 cm³/mol. The maximum Gasteiger partial charge on any atom is 0.230 e. The maximum atomic E-state index is 11.1. The second-order valence-corrected chi connectivity index (χ2v) is 5.35. The molecule has 1 amide bonds. The van der Waals surface area contributed by atoms with Gasteiger partial charge in [0.2, 0.25) is 5.91 Å². The number of hydrogen-bond donors (Lipinski definition) is 1. The van der Waals surface area contributed by atoms with E-state index in [1.165, 1.54) is 29.4 Å². The Balaban J connectivity index is 2.04. The van der Waals surface area contributed by atoms with Crippen molar-refractivity contribution in [2.75, 3.05) is 12.8 Å². The van der Waals surface area contributed by atoms with Crippen molar-refractivity contribution in [2.45, 2.75) is 4.21 Å². The van der Waals surface area contributed by atoms with Crippen LogP contribution < -0.4 is 5.32 Å². The first kappa shape index (κ1) is 12.0. The highest BCUT2D eigenvalue weighted by Gasteiger charge is 2.07. The smallest absolute Gasteiger partial charge is 0.230 e. The van der Waals surface area contributed by atoms with E-state index in [1.807, 2.05) is 6.07 Å². The van der Waals surface area contributed by atoms with E-state index in [-0.39, 0.29) is 5.91 Å². The van der Waals surface area contributed by atoms with E-state index in [0.717, 1.165) is 14.9 Å². The Kier molecular flexibility index (Phi) is 4.05. The second-order valence-electron chi connectivity index (χ2n) is 3.04. The summed E-state index contributed by atoms with van der Waals surface area (Å²) in [6.45, 7) is 0. The number of carbonyl (C=O) groups excluding carboxylic acids is 1. The van der Waals surface area contributed by atoms with Gasteiger partial charge in [-0.2, -0.15) is 0 Å². The van der Waals surface area contributed by atoms with Crippen LogP contribution >= 0.6 is 23.1 Å². The molecule has 0 atom stereocenters. The first-order valence-corrected chi connectivity index (χ1v) is 6.65. The summed E-state index contributed by atoms with van der Waals surface area (Å²) in [6, 6.07) is 1.81. The van der Waals surface area contributed by atoms with Gasteiger partial charge in [-0.15, -0.1) is 23.1 Å². The minimum atomic E-state index is 0.00647. The molecule has 0 unspecified atom stereocenters. The molecule has 1 N–H and O–H groups in total. The Labute approximate surface area is 107 Å². The molecule has 2 aromatic heterocycles. The van der Waals surface area contributed by atoms with Crippen LogP contribution in [0.5, 0.6) is 0 Å². The zero-order valence-corrected chi connectivity index (χ0v) is 10.7. The highest BCUT2D eigenvalue weighted by atomic mass is 32.2. The van der Waals surface area contributed by atoms with Crippen LogP contribution in [0.15, 0.2) is 29.0 Å². The van der Waals surface area contributed by atoms with E-state index in [1.54, 1.807) is 19.4 Å². The third-order valence-electron chi connectivity index (χ3n) is 1.91. The summed E-state index contributed by atoms with van der Waals surface area (Å²) in [4.78, 5) is 23.3. The Bertz CT molecular complexity index is 500. The number of nitrogens with zero attached hydrogens (tertiary/aromatic N) is 3. The van der Waals surface area contributed by atoms with Crippen LogP contribution in [0.3, 0.4) is 0 Å². The second kappa shape index (κ2) is 5.74. The Hall–Kier alpha value is -1.47. The summed E-state index contributed by atoms with van der Waals surface area (Å²) in [7, 11) is 1.63. The lowest BCUT2D eigenvalue weighted by molar-refractivity contribution is -0.118. The fourth-order valence-corrected chi connectivity index (χ4v) is 2.89. The topological polar surface area (TPSA) is 67.8 Å². The third-order valence-corrected chi connectivity index (χ3v) is 4.12. The zero-order valence-electron chi connectivity index (χ0n) is 9.08. The summed E-state index contributed by atoms with van der Waals surface area (Å²) in [5, 5.41) is 3.42. The molecule has 88 valence electrons. The number of carbonyl (C=O) groups is 1. The molecule has 2 heterocycles. The number of thioether (sulfide) groups is 1. The van der Waals surface area contributed by atoms with Crippen LogP contribution in [0, 0.1) is 0 Å². The molecule has 0 aliphatic carbocycles. The molecule has 5 nitrogen and oxygen atoms in total. The van der Waals surface area contributed by atoms with Crippen LogP contribution in [-0.4, -0.2) is 33.7 Å². The summed E-state index contributed by atoms with van der Waals surface area (Å²) in [5.74, 6) is 0.411. The van der Waals surface area contributed by atoms with Crippen molar-refractivity contribution in [1.82, 2.24) is 20.3 Å². The highest BCUT2D eigenvalue weighted by Crippen LogP contribution is 2.29. The van der Waals surface area contributed by atoms with Crippen LogP contribution in [0.25, 0.3) is 10.7 Å². The molecule has 0 aromatic carbocycles. The van der Waals surface area contributed by atoms with Gasteiger partial charge in [-0.25, -0.2) is 15.0 Å². The number of rotatable bonds is 4. The average molecular weight is 266 g/mol. The van der Waals surface area contributed by atoms with Gasteiger partial charge >= 0.3 is 0 Å². The standard InChI is InChI=1S/C10H10N4OS2/c1-11-8(15)5-16-9-4-13-10(17-9)7-2-3-12-6-14-7/h2-4,6H,5H2,1H3,(H,11,15). The average Bonchev–Trinajstić information content (AvgIpc) is 2.86. The Morgan fingerprint density at radius 1 is 1.53 bits per heavy atom. The van der Waals surface area contributed by atoms with Gasteiger partial charge in [0.05, 0.1) is 16.2 Å². The fourth-order valence-electron chi connectivity index (χ4n) is 1.07. The van der Waals surface area contributed by atoms with Crippen LogP contribution in [0.1, 0.15) is 0 Å². The highest BCUT2D eigenvalue weighted by molar-refractivity contribution is 8.01. The van der Waals surface area contributed by atoms with Crippen molar-refractivity contribution in [2.24, 2.45) is 0 Å². The minimum Gasteiger partial charge on any atom is -0.358 e. The zero-order chi connectivity index (χ0) is 12.1. The van der Waals surface area contributed by atoms with Crippen LogP contribution in [0.4, 0.5) is 0 Å². The monoisotopic (exact) mass is 266 g/mol. The largest absolute Gasteiger partial charge is 0.358 e. The summed E-state index contributed by atoms with van der Waals surface area (Å²) in [5.41, 5.74) is 0.803. The van der Waals surface area contributed by atoms with Crippen molar-refractivity contribution >= 4 is 29.0 Å². The molecular weight excluding hydrogens is 256 g/mol. The van der Waals surface area contributed by atoms with Crippen molar-refractivity contribution < 1.29 is 4.79 Å². The van der Waals surface area contributed by atoms with E-state index in [4.69, 9.17) is 0 Å². The van der Waals surface area contributed by atoms with Gasteiger partial charge in [-0.3, -0.25) is 4.79 Å². The van der Waals surface area contributed by atoms with Crippen molar-refractivity contribution in [3.63, 3.8) is 0 Å². The lowest BCUT2D eigenvalue weighted by Gasteiger charge is -1.96. The number of nitrogens with one attached hydrogen (secondary N) is 1. The molecule has 0 spiro atoms. The van der Waals surface area contributed by atoms with Crippen molar-refractivity contribution in [1.29, 1.82) is 0 Å². The van der Waals surface area contributed by atoms with Gasteiger partial charge in [0.15, 0.2) is 0 Å². The van der Waals surface area contributed by atoms with E-state index >= 15 is 0 Å². The molecule has 2 rings (SSSR count). The maximum absolute atomic E-state index is 11.1. The molecule has 2 aromatic rings. The molecule has 17 heavy (non-hydrogen) atoms. The SMILES string of the molecule is CNC(=O)CSc1cnc(-c2ccncn2)s1. The number of aromatic nitrogens is 3. The summed E-state index contributed by atoms with van der Waals surface area (Å²) in [6.07, 6.45) is 4.94. The summed E-state index contributed by atoms with van der Waals surface area (Å²) >= 11 is 2.99. The molecule has 7 heteroatoms. The van der Waals surface area contributed by atoms with E-state index in [2.05, 4.69) is 20.3 Å². The predicted octanol–water partition coefficient (Wildman–Crippen LogP) is 1.44. The van der Waals surface area contributed by atoms with Gasteiger partial charge < -0.3 is 5.32 Å². The van der Waals surface area contributed by atoms with Crippen molar-refractivity contribution in [3.05, 3.63) is 24.8 Å². The molecule has 0 fully saturated rings. The van der Waals surface area contributed by atoms with Crippen LogP contribution in [-0.2, 0) is 4.79 Å². The minimum absolute atomic E-state index is 0.00647. The molecule has 0 aliphatic heterocycles. The number of amides is 1. The third kappa shape index (κ3) is 3.24. The van der Waals surface area contributed by atoms with Gasteiger partial charge in [-0.05, 0) is 6.07 Å². The van der Waals surface area contributed by atoms with Gasteiger partial charge in [0.1, 0.15) is 17.0 Å². The fraction of sp³-hybridized carbons (Fsp3) is 0.200. The molecule has 0 bridgehead atoms.